The predicted molar refractivity (Wildman–Crippen MR) is 166 cm³/mol. The summed E-state index contributed by atoms with van der Waals surface area (Å²) >= 11 is 6.35. The fourth-order valence-corrected chi connectivity index (χ4v) is 7.65. The van der Waals surface area contributed by atoms with Crippen molar-refractivity contribution in [1.82, 2.24) is 30.2 Å². The molecule has 4 aliphatic rings. The van der Waals surface area contributed by atoms with Crippen LogP contribution >= 0.6 is 11.6 Å². The Kier molecular flexibility index (Phi) is 10.3. The predicted octanol–water partition coefficient (Wildman–Crippen LogP) is 1.10. The van der Waals surface area contributed by atoms with Crippen LogP contribution in [0.4, 0.5) is 0 Å². The molecule has 0 aromatic heterocycles. The number of nitrogens with zero attached hydrogens (tertiary/aromatic N) is 4. The molecule has 45 heavy (non-hydrogen) atoms. The van der Waals surface area contributed by atoms with Crippen molar-refractivity contribution in [3.8, 4) is 0 Å². The van der Waals surface area contributed by atoms with Crippen LogP contribution in [0.2, 0.25) is 5.02 Å². The first kappa shape index (κ1) is 32.7. The number of likely N-dealkylation sites (tertiary alicyclic amines) is 4. The number of nitrogens with one attached hydrogen (secondary N) is 2. The number of halogens is 1. The summed E-state index contributed by atoms with van der Waals surface area (Å²) in [5, 5.41) is 5.86. The highest BCUT2D eigenvalue weighted by molar-refractivity contribution is 6.31. The Hall–Kier alpha value is -3.67. The number of carbonyl (C=O) groups excluding carboxylic acids is 6. The van der Waals surface area contributed by atoms with Crippen molar-refractivity contribution in [2.45, 2.75) is 94.9 Å². The van der Waals surface area contributed by atoms with Crippen molar-refractivity contribution in [1.29, 1.82) is 0 Å². The molecule has 2 N–H and O–H groups in total. The van der Waals surface area contributed by atoms with Crippen LogP contribution in [-0.4, -0.2) is 118 Å². The van der Waals surface area contributed by atoms with Crippen LogP contribution in [0.25, 0.3) is 0 Å². The van der Waals surface area contributed by atoms with E-state index in [1.54, 1.807) is 39.9 Å². The normalized spacial score (nSPS) is 25.4. The summed E-state index contributed by atoms with van der Waals surface area (Å²) in [4.78, 5) is 86.3. The minimum absolute atomic E-state index is 0.183. The molecule has 4 heterocycles. The van der Waals surface area contributed by atoms with Gasteiger partial charge in [-0.1, -0.05) is 29.8 Å². The van der Waals surface area contributed by atoms with Gasteiger partial charge in [0.25, 0.3) is 0 Å². The lowest BCUT2D eigenvalue weighted by Gasteiger charge is -2.36. The maximum atomic E-state index is 14.1. The lowest BCUT2D eigenvalue weighted by Crippen LogP contribution is -2.58. The van der Waals surface area contributed by atoms with Gasteiger partial charge in [-0.3, -0.25) is 28.8 Å². The van der Waals surface area contributed by atoms with E-state index in [0.717, 1.165) is 6.42 Å². The van der Waals surface area contributed by atoms with Gasteiger partial charge in [0.05, 0.1) is 0 Å². The van der Waals surface area contributed by atoms with Gasteiger partial charge in [0.2, 0.25) is 35.4 Å². The molecule has 13 heteroatoms. The molecule has 1 aromatic carbocycles. The number of likely N-dealkylation sites (N-methyl/N-ethyl adjacent to an activating group) is 1. The van der Waals surface area contributed by atoms with Crippen molar-refractivity contribution in [3.63, 3.8) is 0 Å². The van der Waals surface area contributed by atoms with Gasteiger partial charge in [-0.15, -0.1) is 0 Å². The van der Waals surface area contributed by atoms with Gasteiger partial charge in [-0.25, -0.2) is 0 Å². The molecule has 5 atom stereocenters. The third-order valence-corrected chi connectivity index (χ3v) is 9.97. The molecule has 6 amide bonds. The second kappa shape index (κ2) is 14.2. The molecule has 4 aliphatic heterocycles. The zero-order valence-corrected chi connectivity index (χ0v) is 26.8. The molecule has 0 saturated carbocycles. The number of rotatable bonds is 8. The molecule has 244 valence electrons. The summed E-state index contributed by atoms with van der Waals surface area (Å²) in [6.45, 7) is 3.00. The lowest BCUT2D eigenvalue weighted by molar-refractivity contribution is -0.152. The average molecular weight is 643 g/mol. The Balaban J connectivity index is 1.29. The maximum Gasteiger partial charge on any atom is 0.246 e. The molecular weight excluding hydrogens is 600 g/mol. The van der Waals surface area contributed by atoms with Gasteiger partial charge in [-0.2, -0.15) is 0 Å². The van der Waals surface area contributed by atoms with Crippen LogP contribution < -0.4 is 10.6 Å². The van der Waals surface area contributed by atoms with Crippen LogP contribution in [0.3, 0.4) is 0 Å². The first-order valence-corrected chi connectivity index (χ1v) is 16.4. The number of benzene rings is 1. The third-order valence-electron chi connectivity index (χ3n) is 9.61. The molecule has 5 rings (SSSR count). The van der Waals surface area contributed by atoms with Crippen LogP contribution in [0, 0.1) is 0 Å². The quantitative estimate of drug-likeness (QED) is 0.435. The monoisotopic (exact) mass is 642 g/mol. The zero-order chi connectivity index (χ0) is 32.2. The van der Waals surface area contributed by atoms with Gasteiger partial charge in [0.15, 0.2) is 0 Å². The molecule has 0 spiro atoms. The topological polar surface area (TPSA) is 139 Å². The number of carbonyl (C=O) groups is 6. The van der Waals surface area contributed by atoms with Crippen molar-refractivity contribution in [3.05, 3.63) is 34.9 Å². The van der Waals surface area contributed by atoms with E-state index in [0.29, 0.717) is 81.7 Å². The van der Waals surface area contributed by atoms with Gasteiger partial charge in [0, 0.05) is 51.6 Å². The standard InChI is InChI=1S/C32H43ClN6O6/c1-20(40)35-23(19-21-9-3-4-10-22(21)33)29(42)37-16-6-12-25(37)31(44)39-18-8-14-27(39)32(45)38-17-7-13-26(38)30(43)36-15-5-11-24(36)28(41)34-2/h3-4,9-10,23-27H,5-8,11-19H2,1-2H3,(H,34,41)(H,35,40)/t23-,24-,25-,26-,27-/m0/s1. The highest BCUT2D eigenvalue weighted by atomic mass is 35.5. The number of amides is 6. The minimum Gasteiger partial charge on any atom is -0.357 e. The minimum atomic E-state index is -0.896. The number of hydrogen-bond acceptors (Lipinski definition) is 6. The van der Waals surface area contributed by atoms with Crippen LogP contribution in [0.5, 0.6) is 0 Å². The summed E-state index contributed by atoms with van der Waals surface area (Å²) in [6.07, 6.45) is 4.89. The van der Waals surface area contributed by atoms with E-state index in [9.17, 15) is 28.8 Å². The van der Waals surface area contributed by atoms with Crippen molar-refractivity contribution < 1.29 is 28.8 Å². The smallest absolute Gasteiger partial charge is 0.246 e. The molecule has 0 unspecified atom stereocenters. The molecule has 1 aromatic rings. The molecule has 0 bridgehead atoms. The van der Waals surface area contributed by atoms with Crippen LogP contribution in [0.1, 0.15) is 63.9 Å². The van der Waals surface area contributed by atoms with E-state index >= 15 is 0 Å². The average Bonchev–Trinajstić information content (AvgIpc) is 3.85. The number of hydrogen-bond donors (Lipinski definition) is 2. The van der Waals surface area contributed by atoms with Gasteiger partial charge in [0.1, 0.15) is 30.2 Å². The zero-order valence-electron chi connectivity index (χ0n) is 26.0. The Morgan fingerprint density at radius 2 is 1.18 bits per heavy atom. The Labute approximate surface area is 268 Å². The van der Waals surface area contributed by atoms with Crippen molar-refractivity contribution >= 4 is 47.0 Å². The Morgan fingerprint density at radius 3 is 1.67 bits per heavy atom. The summed E-state index contributed by atoms with van der Waals surface area (Å²) in [5.74, 6) is -1.66. The SMILES string of the molecule is CNC(=O)[C@@H]1CCCN1C(=O)[C@@H]1CCCN1C(=O)[C@@H]1CCCN1C(=O)[C@@H]1CCCN1C(=O)[C@H](Cc1ccccc1Cl)NC(C)=O. The second-order valence-electron chi connectivity index (χ2n) is 12.4. The first-order chi connectivity index (χ1) is 21.6. The highest BCUT2D eigenvalue weighted by Crippen LogP contribution is 2.31. The molecular formula is C32H43ClN6O6. The van der Waals surface area contributed by atoms with Crippen molar-refractivity contribution in [2.75, 3.05) is 33.2 Å². The largest absolute Gasteiger partial charge is 0.357 e. The van der Waals surface area contributed by atoms with E-state index in [4.69, 9.17) is 11.6 Å². The van der Waals surface area contributed by atoms with E-state index in [1.165, 1.54) is 11.8 Å². The Bertz CT molecular complexity index is 1340. The van der Waals surface area contributed by atoms with Crippen molar-refractivity contribution in [2.24, 2.45) is 0 Å². The Morgan fingerprint density at radius 1 is 0.733 bits per heavy atom. The third kappa shape index (κ3) is 6.80. The summed E-state index contributed by atoms with van der Waals surface area (Å²) < 4.78 is 0. The van der Waals surface area contributed by atoms with E-state index in [-0.39, 0.29) is 41.9 Å². The molecule has 4 fully saturated rings. The van der Waals surface area contributed by atoms with Gasteiger partial charge in [-0.05, 0) is 63.0 Å². The van der Waals surface area contributed by atoms with Gasteiger partial charge < -0.3 is 30.2 Å². The van der Waals surface area contributed by atoms with E-state index < -0.39 is 30.2 Å². The maximum absolute atomic E-state index is 14.1. The molecule has 0 aliphatic carbocycles. The molecule has 0 radical (unpaired) electrons. The summed E-state index contributed by atoms with van der Waals surface area (Å²) in [5.41, 5.74) is 0.712. The fourth-order valence-electron chi connectivity index (χ4n) is 7.44. The van der Waals surface area contributed by atoms with Crippen LogP contribution in [0.15, 0.2) is 24.3 Å². The highest BCUT2D eigenvalue weighted by Gasteiger charge is 2.48. The fraction of sp³-hybridized carbons (Fsp3) is 0.625. The molecule has 4 saturated heterocycles. The van der Waals surface area contributed by atoms with E-state index in [1.807, 2.05) is 6.07 Å². The van der Waals surface area contributed by atoms with E-state index in [2.05, 4.69) is 10.6 Å². The molecule has 12 nitrogen and oxygen atoms in total. The summed E-state index contributed by atoms with van der Waals surface area (Å²) in [6, 6.07) is 3.58. The summed E-state index contributed by atoms with van der Waals surface area (Å²) in [7, 11) is 1.55. The first-order valence-electron chi connectivity index (χ1n) is 16.1. The van der Waals surface area contributed by atoms with Gasteiger partial charge >= 0.3 is 0 Å². The second-order valence-corrected chi connectivity index (χ2v) is 12.8. The van der Waals surface area contributed by atoms with Crippen LogP contribution in [-0.2, 0) is 35.2 Å². The lowest BCUT2D eigenvalue weighted by atomic mass is 10.0.